The number of guanidine groups is 1. The fourth-order valence-electron chi connectivity index (χ4n) is 1.96. The number of nitrogens with zero attached hydrogens (tertiary/aromatic N) is 1. The lowest BCUT2D eigenvalue weighted by Crippen LogP contribution is -2.41. The van der Waals surface area contributed by atoms with Crippen LogP contribution < -0.4 is 16.0 Å². The van der Waals surface area contributed by atoms with Gasteiger partial charge in [-0.15, -0.1) is 0 Å². The topological polar surface area (TPSA) is 78.7 Å². The number of carbonyl (C=O) groups excluding carboxylic acids is 1. The summed E-state index contributed by atoms with van der Waals surface area (Å²) in [6.45, 7) is 9.17. The molecule has 3 N–H and O–H groups in total. The summed E-state index contributed by atoms with van der Waals surface area (Å²) in [5.74, 6) is 1.54. The van der Waals surface area contributed by atoms with Crippen molar-refractivity contribution in [2.45, 2.75) is 33.6 Å². The molecule has 0 aliphatic rings. The molecule has 0 aromatic carbocycles. The Bertz CT molecular complexity index is 439. The maximum atomic E-state index is 11.7. The van der Waals surface area contributed by atoms with Crippen LogP contribution in [0, 0.1) is 5.92 Å². The molecule has 124 valence electrons. The van der Waals surface area contributed by atoms with Crippen molar-refractivity contribution in [3.63, 3.8) is 0 Å². The number of nitrogens with one attached hydrogen (secondary N) is 3. The predicted octanol–water partition coefficient (Wildman–Crippen LogP) is 2.00. The van der Waals surface area contributed by atoms with E-state index in [1.54, 1.807) is 12.1 Å². The van der Waals surface area contributed by atoms with Gasteiger partial charge in [0.15, 0.2) is 11.7 Å². The fraction of sp³-hybridized carbons (Fsp3) is 0.625. The van der Waals surface area contributed by atoms with Gasteiger partial charge in [-0.25, -0.2) is 0 Å². The van der Waals surface area contributed by atoms with E-state index in [1.165, 1.54) is 6.26 Å². The number of hydrogen-bond acceptors (Lipinski definition) is 3. The minimum absolute atomic E-state index is 0.203. The summed E-state index contributed by atoms with van der Waals surface area (Å²) in [5, 5.41) is 9.22. The Morgan fingerprint density at radius 3 is 2.50 bits per heavy atom. The Labute approximate surface area is 132 Å². The number of carbonyl (C=O) groups is 1. The molecule has 0 aliphatic heterocycles. The quantitative estimate of drug-likeness (QED) is 0.370. The van der Waals surface area contributed by atoms with Crippen LogP contribution >= 0.6 is 0 Å². The Morgan fingerprint density at radius 2 is 1.91 bits per heavy atom. The Hall–Kier alpha value is -1.98. The summed E-state index contributed by atoms with van der Waals surface area (Å²) in [7, 11) is 0. The summed E-state index contributed by atoms with van der Waals surface area (Å²) in [5.41, 5.74) is 0. The van der Waals surface area contributed by atoms with Crippen LogP contribution in [-0.2, 0) is 0 Å². The predicted molar refractivity (Wildman–Crippen MR) is 89.1 cm³/mol. The standard InChI is InChI=1S/C16H28N4O2/c1-4-13(5-2)12-20-16(17-6-3)19-10-9-18-15(21)14-8-7-11-22-14/h7-8,11,13H,4-6,9-10,12H2,1-3H3,(H,18,21)(H2,17,19,20). The van der Waals surface area contributed by atoms with Gasteiger partial charge in [0.2, 0.25) is 0 Å². The van der Waals surface area contributed by atoms with Crippen LogP contribution in [0.2, 0.25) is 0 Å². The van der Waals surface area contributed by atoms with Gasteiger partial charge in [-0.2, -0.15) is 0 Å². The highest BCUT2D eigenvalue weighted by atomic mass is 16.3. The highest BCUT2D eigenvalue weighted by molar-refractivity contribution is 5.91. The maximum Gasteiger partial charge on any atom is 0.287 e. The van der Waals surface area contributed by atoms with E-state index in [-0.39, 0.29) is 5.91 Å². The van der Waals surface area contributed by atoms with Crippen molar-refractivity contribution in [1.82, 2.24) is 16.0 Å². The molecule has 1 heterocycles. The average molecular weight is 308 g/mol. The van der Waals surface area contributed by atoms with Crippen molar-refractivity contribution >= 4 is 11.9 Å². The number of furan rings is 1. The summed E-state index contributed by atoms with van der Waals surface area (Å²) < 4.78 is 5.03. The molecule has 0 bridgehead atoms. The molecule has 6 nitrogen and oxygen atoms in total. The lowest BCUT2D eigenvalue weighted by atomic mass is 10.0. The molecule has 0 spiro atoms. The first-order chi connectivity index (χ1) is 10.7. The Balaban J connectivity index is 2.31. The van der Waals surface area contributed by atoms with Crippen molar-refractivity contribution < 1.29 is 9.21 Å². The lowest BCUT2D eigenvalue weighted by molar-refractivity contribution is 0.0926. The summed E-state index contributed by atoms with van der Waals surface area (Å²) in [4.78, 5) is 16.3. The van der Waals surface area contributed by atoms with E-state index in [9.17, 15) is 4.79 Å². The molecule has 1 rings (SSSR count). The summed E-state index contributed by atoms with van der Waals surface area (Å²) >= 11 is 0. The van der Waals surface area contributed by atoms with E-state index in [1.807, 2.05) is 6.92 Å². The molecule has 0 fully saturated rings. The number of amides is 1. The molecule has 0 saturated carbocycles. The van der Waals surface area contributed by atoms with E-state index in [0.717, 1.165) is 31.9 Å². The SMILES string of the molecule is CCNC(=NCC(CC)CC)NCCNC(=O)c1ccco1. The minimum atomic E-state index is -0.203. The van der Waals surface area contributed by atoms with E-state index in [0.29, 0.717) is 24.8 Å². The molecule has 0 radical (unpaired) electrons. The van der Waals surface area contributed by atoms with Gasteiger partial charge in [0.1, 0.15) is 0 Å². The Kier molecular flexibility index (Phi) is 8.79. The molecule has 6 heteroatoms. The van der Waals surface area contributed by atoms with Crippen LogP contribution in [0.15, 0.2) is 27.8 Å². The zero-order chi connectivity index (χ0) is 16.2. The number of aliphatic imine (C=N–C) groups is 1. The second kappa shape index (κ2) is 10.7. The largest absolute Gasteiger partial charge is 0.459 e. The molecule has 0 aliphatic carbocycles. The van der Waals surface area contributed by atoms with Gasteiger partial charge in [0.05, 0.1) is 6.26 Å². The molecule has 1 amide bonds. The molecule has 0 saturated heterocycles. The molecular formula is C16H28N4O2. The zero-order valence-electron chi connectivity index (χ0n) is 13.8. The summed E-state index contributed by atoms with van der Waals surface area (Å²) in [6.07, 6.45) is 3.76. The fourth-order valence-corrected chi connectivity index (χ4v) is 1.96. The van der Waals surface area contributed by atoms with Crippen molar-refractivity contribution in [1.29, 1.82) is 0 Å². The Morgan fingerprint density at radius 1 is 1.18 bits per heavy atom. The van der Waals surface area contributed by atoms with Gasteiger partial charge in [-0.1, -0.05) is 26.7 Å². The first kappa shape index (κ1) is 18.1. The van der Waals surface area contributed by atoms with Crippen molar-refractivity contribution in [2.24, 2.45) is 10.9 Å². The van der Waals surface area contributed by atoms with Gasteiger partial charge in [-0.05, 0) is 25.0 Å². The zero-order valence-corrected chi connectivity index (χ0v) is 13.8. The highest BCUT2D eigenvalue weighted by Gasteiger charge is 2.07. The molecule has 0 unspecified atom stereocenters. The van der Waals surface area contributed by atoms with Crippen LogP contribution in [0.5, 0.6) is 0 Å². The third-order valence-electron chi connectivity index (χ3n) is 3.45. The average Bonchev–Trinajstić information content (AvgIpc) is 3.06. The van der Waals surface area contributed by atoms with E-state index in [4.69, 9.17) is 4.42 Å². The normalized spacial score (nSPS) is 11.5. The van der Waals surface area contributed by atoms with Crippen molar-refractivity contribution in [3.8, 4) is 0 Å². The second-order valence-electron chi connectivity index (χ2n) is 5.06. The van der Waals surface area contributed by atoms with Crippen LogP contribution in [0.25, 0.3) is 0 Å². The van der Waals surface area contributed by atoms with Gasteiger partial charge >= 0.3 is 0 Å². The molecule has 22 heavy (non-hydrogen) atoms. The van der Waals surface area contributed by atoms with E-state index < -0.39 is 0 Å². The molecule has 1 aromatic heterocycles. The minimum Gasteiger partial charge on any atom is -0.459 e. The van der Waals surface area contributed by atoms with Crippen LogP contribution in [-0.4, -0.2) is 38.0 Å². The number of hydrogen-bond donors (Lipinski definition) is 3. The maximum absolute atomic E-state index is 11.7. The highest BCUT2D eigenvalue weighted by Crippen LogP contribution is 2.06. The first-order valence-electron chi connectivity index (χ1n) is 8.05. The third kappa shape index (κ3) is 6.65. The van der Waals surface area contributed by atoms with Gasteiger partial charge < -0.3 is 20.4 Å². The molecule has 1 aromatic rings. The van der Waals surface area contributed by atoms with E-state index in [2.05, 4.69) is 34.8 Å². The van der Waals surface area contributed by atoms with Gasteiger partial charge in [0, 0.05) is 26.2 Å². The first-order valence-corrected chi connectivity index (χ1v) is 8.05. The summed E-state index contributed by atoms with van der Waals surface area (Å²) in [6, 6.07) is 3.34. The molecule has 0 atom stereocenters. The second-order valence-corrected chi connectivity index (χ2v) is 5.06. The lowest BCUT2D eigenvalue weighted by Gasteiger charge is -2.14. The van der Waals surface area contributed by atoms with Crippen LogP contribution in [0.1, 0.15) is 44.2 Å². The smallest absolute Gasteiger partial charge is 0.287 e. The van der Waals surface area contributed by atoms with Crippen molar-refractivity contribution in [3.05, 3.63) is 24.2 Å². The monoisotopic (exact) mass is 308 g/mol. The van der Waals surface area contributed by atoms with Gasteiger partial charge in [-0.3, -0.25) is 9.79 Å². The van der Waals surface area contributed by atoms with Crippen LogP contribution in [0.4, 0.5) is 0 Å². The van der Waals surface area contributed by atoms with E-state index >= 15 is 0 Å². The number of rotatable bonds is 9. The molecular weight excluding hydrogens is 280 g/mol. The van der Waals surface area contributed by atoms with Crippen LogP contribution in [0.3, 0.4) is 0 Å². The third-order valence-corrected chi connectivity index (χ3v) is 3.45. The van der Waals surface area contributed by atoms with Gasteiger partial charge in [0.25, 0.3) is 5.91 Å². The van der Waals surface area contributed by atoms with Crippen molar-refractivity contribution in [2.75, 3.05) is 26.2 Å².